The Morgan fingerprint density at radius 1 is 0.767 bits per heavy atom. The zero-order valence-electron chi connectivity index (χ0n) is 34.1. The summed E-state index contributed by atoms with van der Waals surface area (Å²) in [6.07, 6.45) is 4.22. The summed E-state index contributed by atoms with van der Waals surface area (Å²) >= 11 is 0. The average molecular weight is 804 g/mol. The molecule has 0 fully saturated rings. The van der Waals surface area contributed by atoms with Crippen LogP contribution in [0.3, 0.4) is 0 Å². The number of rotatable bonds is 16. The van der Waals surface area contributed by atoms with Crippen LogP contribution in [0.5, 0.6) is 23.0 Å². The van der Waals surface area contributed by atoms with Crippen molar-refractivity contribution in [1.82, 2.24) is 44.2 Å². The van der Waals surface area contributed by atoms with Gasteiger partial charge in [0.1, 0.15) is 40.9 Å². The molecule has 304 valence electrons. The number of aryl methyl sites for hydroxylation is 4. The SMILES string of the molecule is COc1ccc(Cn2c(-c3nc(C(=O)NCc4ccc(OC)cc4OC)n4cc(C)ncc34)nnc2-c2c(OCc3ccccc3)c(C)nn2CCc2ccccc2)cc1. The Morgan fingerprint density at radius 2 is 1.47 bits per heavy atom. The lowest BCUT2D eigenvalue weighted by molar-refractivity contribution is 0.0939. The summed E-state index contributed by atoms with van der Waals surface area (Å²) in [5.41, 5.74) is 7.04. The Labute approximate surface area is 347 Å². The molecule has 14 heteroatoms. The Hall–Kier alpha value is -7.48. The number of ether oxygens (including phenoxy) is 4. The number of hydrogen-bond donors (Lipinski definition) is 1. The summed E-state index contributed by atoms with van der Waals surface area (Å²) < 4.78 is 28.7. The highest BCUT2D eigenvalue weighted by Crippen LogP contribution is 2.36. The summed E-state index contributed by atoms with van der Waals surface area (Å²) in [4.78, 5) is 23.7. The number of imidazole rings is 1. The van der Waals surface area contributed by atoms with Gasteiger partial charge in [0.2, 0.25) is 5.82 Å². The quantitative estimate of drug-likeness (QED) is 0.106. The standard InChI is InChI=1S/C46H45N9O5/c1-30-27-53-38(26-47-30)40(49-45(53)46(56)48-25-35-18-21-37(58-4)24-39(35)59-5)43-50-51-44(54(43)28-33-16-19-36(57-3)20-17-33)41-42(60-29-34-14-10-7-11-15-34)31(2)52-55(41)23-22-32-12-8-6-9-13-32/h6-21,24,26-27H,22-23,25,28-29H2,1-5H3,(H,48,56). The second-order valence-electron chi connectivity index (χ2n) is 14.2. The van der Waals surface area contributed by atoms with Gasteiger partial charge in [-0.15, -0.1) is 10.2 Å². The fraction of sp³-hybridized carbons (Fsp3) is 0.217. The minimum absolute atomic E-state index is 0.161. The molecular weight excluding hydrogens is 759 g/mol. The lowest BCUT2D eigenvalue weighted by Gasteiger charge is -2.14. The van der Waals surface area contributed by atoms with Crippen molar-refractivity contribution in [2.24, 2.45) is 0 Å². The molecule has 0 radical (unpaired) electrons. The monoisotopic (exact) mass is 803 g/mol. The molecule has 0 atom stereocenters. The Kier molecular flexibility index (Phi) is 11.5. The Balaban J connectivity index is 1.25. The average Bonchev–Trinajstić information content (AvgIpc) is 3.96. The van der Waals surface area contributed by atoms with Crippen molar-refractivity contribution in [2.75, 3.05) is 21.3 Å². The van der Waals surface area contributed by atoms with Crippen molar-refractivity contribution < 1.29 is 23.7 Å². The van der Waals surface area contributed by atoms with Gasteiger partial charge in [0, 0.05) is 30.9 Å². The fourth-order valence-corrected chi connectivity index (χ4v) is 7.10. The largest absolute Gasteiger partial charge is 0.497 e. The van der Waals surface area contributed by atoms with Crippen LogP contribution in [-0.4, -0.2) is 66.2 Å². The smallest absolute Gasteiger partial charge is 0.287 e. The molecule has 0 spiro atoms. The van der Waals surface area contributed by atoms with Gasteiger partial charge >= 0.3 is 0 Å². The molecule has 4 aromatic heterocycles. The topological polar surface area (TPSA) is 145 Å². The Morgan fingerprint density at radius 3 is 2.18 bits per heavy atom. The molecule has 4 aromatic carbocycles. The first-order valence-electron chi connectivity index (χ1n) is 19.5. The van der Waals surface area contributed by atoms with Crippen LogP contribution in [0, 0.1) is 13.8 Å². The van der Waals surface area contributed by atoms with Crippen molar-refractivity contribution in [1.29, 1.82) is 0 Å². The second-order valence-corrected chi connectivity index (χ2v) is 14.2. The van der Waals surface area contributed by atoms with Gasteiger partial charge in [-0.05, 0) is 61.2 Å². The highest BCUT2D eigenvalue weighted by molar-refractivity contribution is 5.94. The van der Waals surface area contributed by atoms with E-state index in [1.54, 1.807) is 44.2 Å². The third kappa shape index (κ3) is 8.25. The van der Waals surface area contributed by atoms with E-state index in [0.717, 1.165) is 28.9 Å². The van der Waals surface area contributed by atoms with Crippen molar-refractivity contribution in [2.45, 2.75) is 46.5 Å². The number of aromatic nitrogens is 8. The van der Waals surface area contributed by atoms with Crippen LogP contribution in [0.2, 0.25) is 0 Å². The van der Waals surface area contributed by atoms with Crippen molar-refractivity contribution in [3.63, 3.8) is 0 Å². The van der Waals surface area contributed by atoms with E-state index in [1.165, 1.54) is 5.56 Å². The number of methoxy groups -OCH3 is 3. The van der Waals surface area contributed by atoms with Gasteiger partial charge in [0.15, 0.2) is 17.4 Å². The summed E-state index contributed by atoms with van der Waals surface area (Å²) in [5, 5.41) is 17.7. The van der Waals surface area contributed by atoms with E-state index in [4.69, 9.17) is 39.2 Å². The van der Waals surface area contributed by atoms with Crippen LogP contribution >= 0.6 is 0 Å². The number of fused-ring (bicyclic) bond motifs is 1. The molecule has 4 heterocycles. The highest BCUT2D eigenvalue weighted by Gasteiger charge is 2.29. The zero-order chi connectivity index (χ0) is 41.6. The molecule has 0 aliphatic heterocycles. The molecule has 0 unspecified atom stereocenters. The fourth-order valence-electron chi connectivity index (χ4n) is 7.10. The molecule has 8 rings (SSSR count). The van der Waals surface area contributed by atoms with Gasteiger partial charge in [0.05, 0.1) is 45.3 Å². The number of carbonyl (C=O) groups excluding carboxylic acids is 1. The first-order chi connectivity index (χ1) is 29.3. The molecule has 0 saturated heterocycles. The second kappa shape index (κ2) is 17.6. The van der Waals surface area contributed by atoms with Gasteiger partial charge in [-0.2, -0.15) is 5.10 Å². The summed E-state index contributed by atoms with van der Waals surface area (Å²) in [6.45, 7) is 5.23. The molecule has 0 aliphatic rings. The number of hydrogen-bond acceptors (Lipinski definition) is 10. The molecule has 8 aromatic rings. The first kappa shape index (κ1) is 39.4. The van der Waals surface area contributed by atoms with E-state index in [9.17, 15) is 4.79 Å². The lowest BCUT2D eigenvalue weighted by atomic mass is 10.1. The van der Waals surface area contributed by atoms with Crippen LogP contribution in [0.1, 0.15) is 44.3 Å². The number of benzene rings is 4. The van der Waals surface area contributed by atoms with Crippen LogP contribution in [0.25, 0.3) is 28.6 Å². The van der Waals surface area contributed by atoms with Gasteiger partial charge in [-0.25, -0.2) is 4.98 Å². The van der Waals surface area contributed by atoms with E-state index in [1.807, 2.05) is 108 Å². The predicted octanol–water partition coefficient (Wildman–Crippen LogP) is 7.29. The maximum Gasteiger partial charge on any atom is 0.287 e. The first-order valence-corrected chi connectivity index (χ1v) is 19.5. The van der Waals surface area contributed by atoms with Crippen LogP contribution < -0.4 is 24.3 Å². The van der Waals surface area contributed by atoms with Gasteiger partial charge < -0.3 is 24.3 Å². The van der Waals surface area contributed by atoms with Gasteiger partial charge in [0.25, 0.3) is 5.91 Å². The van der Waals surface area contributed by atoms with E-state index in [0.29, 0.717) is 76.9 Å². The third-order valence-electron chi connectivity index (χ3n) is 10.2. The number of nitrogens with zero attached hydrogens (tertiary/aromatic N) is 8. The summed E-state index contributed by atoms with van der Waals surface area (Å²) in [5.74, 6) is 3.30. The molecule has 1 N–H and O–H groups in total. The van der Waals surface area contributed by atoms with Gasteiger partial charge in [-0.3, -0.25) is 23.4 Å². The van der Waals surface area contributed by atoms with E-state index in [-0.39, 0.29) is 12.4 Å². The third-order valence-corrected chi connectivity index (χ3v) is 10.2. The summed E-state index contributed by atoms with van der Waals surface area (Å²) in [7, 11) is 4.81. The van der Waals surface area contributed by atoms with Crippen molar-refractivity contribution in [3.8, 4) is 46.0 Å². The lowest BCUT2D eigenvalue weighted by Crippen LogP contribution is -2.25. The molecule has 0 bridgehead atoms. The predicted molar refractivity (Wildman–Crippen MR) is 226 cm³/mol. The molecule has 0 saturated carbocycles. The number of nitrogens with one attached hydrogen (secondary N) is 1. The molecule has 60 heavy (non-hydrogen) atoms. The minimum atomic E-state index is -0.396. The van der Waals surface area contributed by atoms with Crippen LogP contribution in [0.4, 0.5) is 0 Å². The maximum absolute atomic E-state index is 14.1. The number of carbonyl (C=O) groups is 1. The molecule has 14 nitrogen and oxygen atoms in total. The molecular formula is C46H45N9O5. The van der Waals surface area contributed by atoms with Crippen LogP contribution in [0.15, 0.2) is 116 Å². The summed E-state index contributed by atoms with van der Waals surface area (Å²) in [6, 6.07) is 33.6. The van der Waals surface area contributed by atoms with E-state index in [2.05, 4.69) is 22.4 Å². The van der Waals surface area contributed by atoms with E-state index >= 15 is 0 Å². The molecule has 0 aliphatic carbocycles. The van der Waals surface area contributed by atoms with E-state index < -0.39 is 5.91 Å². The Bertz CT molecular complexity index is 2740. The minimum Gasteiger partial charge on any atom is -0.497 e. The van der Waals surface area contributed by atoms with Gasteiger partial charge in [-0.1, -0.05) is 72.8 Å². The van der Waals surface area contributed by atoms with Crippen molar-refractivity contribution in [3.05, 3.63) is 155 Å². The highest BCUT2D eigenvalue weighted by atomic mass is 16.5. The van der Waals surface area contributed by atoms with Crippen molar-refractivity contribution >= 4 is 11.4 Å². The van der Waals surface area contributed by atoms with Crippen LogP contribution in [-0.2, 0) is 32.7 Å². The number of amides is 1. The zero-order valence-corrected chi connectivity index (χ0v) is 34.1. The molecule has 1 amide bonds. The normalized spacial score (nSPS) is 11.2. The maximum atomic E-state index is 14.1.